The van der Waals surface area contributed by atoms with Gasteiger partial charge in [-0.3, -0.25) is 9.59 Å². The smallest absolute Gasteiger partial charge is 0.266 e. The quantitative estimate of drug-likeness (QED) is 0.539. The molecule has 0 fully saturated rings. The lowest BCUT2D eigenvalue weighted by Gasteiger charge is -2.12. The minimum atomic E-state index is -0.302. The highest BCUT2D eigenvalue weighted by Gasteiger charge is 2.08. The number of ether oxygens (including phenoxy) is 3. The second-order valence-electron chi connectivity index (χ2n) is 6.53. The number of rotatable bonds is 10. The molecular formula is C23H25N3O5. The molecular weight excluding hydrogens is 398 g/mol. The van der Waals surface area contributed by atoms with Gasteiger partial charge >= 0.3 is 0 Å². The van der Waals surface area contributed by atoms with Gasteiger partial charge in [0.15, 0.2) is 18.1 Å². The Hall–Kier alpha value is -3.81. The Morgan fingerprint density at radius 1 is 1.03 bits per heavy atom. The molecule has 0 aliphatic rings. The van der Waals surface area contributed by atoms with Crippen LogP contribution in [0.4, 0.5) is 0 Å². The molecule has 1 N–H and O–H groups in total. The minimum Gasteiger partial charge on any atom is -0.497 e. The molecule has 162 valence electrons. The Labute approximate surface area is 180 Å². The molecule has 0 atom stereocenters. The molecule has 1 heterocycles. The Morgan fingerprint density at radius 3 is 2.55 bits per heavy atom. The van der Waals surface area contributed by atoms with Crippen LogP contribution in [0.5, 0.6) is 17.2 Å². The lowest BCUT2D eigenvalue weighted by molar-refractivity contribution is -0.123. The van der Waals surface area contributed by atoms with Crippen molar-refractivity contribution >= 4 is 5.91 Å². The summed E-state index contributed by atoms with van der Waals surface area (Å²) in [6.07, 6.45) is 0. The number of nitrogens with zero attached hydrogens (tertiary/aromatic N) is 2. The number of hydrogen-bond donors (Lipinski definition) is 1. The van der Waals surface area contributed by atoms with Crippen molar-refractivity contribution in [2.24, 2.45) is 0 Å². The first-order valence-electron chi connectivity index (χ1n) is 9.94. The fraction of sp³-hybridized carbons (Fsp3) is 0.261. The van der Waals surface area contributed by atoms with Crippen LogP contribution in [0, 0.1) is 0 Å². The number of hydrogen-bond acceptors (Lipinski definition) is 6. The number of nitrogens with one attached hydrogen (secondary N) is 1. The van der Waals surface area contributed by atoms with E-state index in [1.165, 1.54) is 10.7 Å². The summed E-state index contributed by atoms with van der Waals surface area (Å²) in [5.74, 6) is 1.49. The van der Waals surface area contributed by atoms with Crippen LogP contribution in [0.15, 0.2) is 65.5 Å². The van der Waals surface area contributed by atoms with Gasteiger partial charge in [-0.15, -0.1) is 0 Å². The van der Waals surface area contributed by atoms with Gasteiger partial charge in [0.05, 0.1) is 26.0 Å². The van der Waals surface area contributed by atoms with Crippen LogP contribution >= 0.6 is 0 Å². The molecule has 2 aromatic carbocycles. The Morgan fingerprint density at radius 2 is 1.81 bits per heavy atom. The van der Waals surface area contributed by atoms with Crippen LogP contribution in [0.3, 0.4) is 0 Å². The number of methoxy groups -OCH3 is 1. The largest absolute Gasteiger partial charge is 0.497 e. The van der Waals surface area contributed by atoms with Crippen molar-refractivity contribution in [2.45, 2.75) is 13.5 Å². The average Bonchev–Trinajstić information content (AvgIpc) is 2.80. The fourth-order valence-electron chi connectivity index (χ4n) is 2.89. The first kappa shape index (κ1) is 21.9. The molecule has 0 radical (unpaired) electrons. The third-order valence-electron chi connectivity index (χ3n) is 4.39. The fourth-order valence-corrected chi connectivity index (χ4v) is 2.89. The molecule has 0 unspecified atom stereocenters. The second-order valence-corrected chi connectivity index (χ2v) is 6.53. The van der Waals surface area contributed by atoms with Gasteiger partial charge in [0.2, 0.25) is 0 Å². The van der Waals surface area contributed by atoms with Crippen molar-refractivity contribution in [3.8, 4) is 28.5 Å². The summed E-state index contributed by atoms with van der Waals surface area (Å²) in [7, 11) is 1.59. The van der Waals surface area contributed by atoms with Crippen molar-refractivity contribution in [3.63, 3.8) is 0 Å². The van der Waals surface area contributed by atoms with Crippen LogP contribution in [0.2, 0.25) is 0 Å². The number of aromatic nitrogens is 2. The molecule has 31 heavy (non-hydrogen) atoms. The highest BCUT2D eigenvalue weighted by Crippen LogP contribution is 2.26. The van der Waals surface area contributed by atoms with Gasteiger partial charge in [0.1, 0.15) is 5.75 Å². The summed E-state index contributed by atoms with van der Waals surface area (Å²) in [4.78, 5) is 24.3. The van der Waals surface area contributed by atoms with E-state index in [0.717, 1.165) is 5.56 Å². The summed E-state index contributed by atoms with van der Waals surface area (Å²) in [6, 6.07) is 17.7. The molecule has 0 saturated carbocycles. The normalized spacial score (nSPS) is 10.4. The summed E-state index contributed by atoms with van der Waals surface area (Å²) < 4.78 is 17.6. The standard InChI is InChI=1S/C23H25N3O5/c1-3-30-20-9-4-5-10-21(20)31-16-22(27)24-13-14-26-23(28)12-11-19(25-26)17-7-6-8-18(15-17)29-2/h4-12,15H,3,13-14,16H2,1-2H3,(H,24,27). The van der Waals surface area contributed by atoms with Crippen molar-refractivity contribution in [1.82, 2.24) is 15.1 Å². The van der Waals surface area contributed by atoms with Crippen molar-refractivity contribution in [2.75, 3.05) is 26.9 Å². The molecule has 3 rings (SSSR count). The Kier molecular flexibility index (Phi) is 7.64. The van der Waals surface area contributed by atoms with Gasteiger partial charge in [-0.25, -0.2) is 4.68 Å². The van der Waals surface area contributed by atoms with Gasteiger partial charge in [-0.1, -0.05) is 24.3 Å². The molecule has 8 heteroatoms. The highest BCUT2D eigenvalue weighted by molar-refractivity contribution is 5.77. The zero-order chi connectivity index (χ0) is 22.1. The summed E-state index contributed by atoms with van der Waals surface area (Å²) >= 11 is 0. The molecule has 1 amide bonds. The van der Waals surface area contributed by atoms with Crippen LogP contribution in [-0.4, -0.2) is 42.6 Å². The zero-order valence-electron chi connectivity index (χ0n) is 17.5. The third kappa shape index (κ3) is 6.08. The third-order valence-corrected chi connectivity index (χ3v) is 4.39. The van der Waals surface area contributed by atoms with Crippen molar-refractivity contribution < 1.29 is 19.0 Å². The van der Waals surface area contributed by atoms with Crippen LogP contribution in [-0.2, 0) is 11.3 Å². The van der Waals surface area contributed by atoms with Gasteiger partial charge in [0.25, 0.3) is 11.5 Å². The van der Waals surface area contributed by atoms with E-state index in [2.05, 4.69) is 10.4 Å². The van der Waals surface area contributed by atoms with Crippen molar-refractivity contribution in [3.05, 3.63) is 71.0 Å². The predicted octanol–water partition coefficient (Wildman–Crippen LogP) is 2.51. The summed E-state index contributed by atoms with van der Waals surface area (Å²) in [5, 5.41) is 7.12. The molecule has 0 spiro atoms. The number of amides is 1. The van der Waals surface area contributed by atoms with Crippen LogP contribution in [0.25, 0.3) is 11.3 Å². The predicted molar refractivity (Wildman–Crippen MR) is 117 cm³/mol. The molecule has 0 aliphatic heterocycles. The molecule has 3 aromatic rings. The van der Waals surface area contributed by atoms with Gasteiger partial charge in [-0.2, -0.15) is 5.10 Å². The first-order valence-corrected chi connectivity index (χ1v) is 9.94. The van der Waals surface area contributed by atoms with E-state index >= 15 is 0 Å². The molecule has 8 nitrogen and oxygen atoms in total. The summed E-state index contributed by atoms with van der Waals surface area (Å²) in [5.41, 5.74) is 1.22. The Bertz CT molecular complexity index is 1080. The number of benzene rings is 2. The number of carbonyl (C=O) groups is 1. The number of carbonyl (C=O) groups excluding carboxylic acids is 1. The van der Waals surface area contributed by atoms with E-state index in [4.69, 9.17) is 14.2 Å². The van der Waals surface area contributed by atoms with Crippen LogP contribution in [0.1, 0.15) is 6.92 Å². The van der Waals surface area contributed by atoms with E-state index in [1.807, 2.05) is 43.3 Å². The average molecular weight is 423 g/mol. The topological polar surface area (TPSA) is 91.7 Å². The molecule has 0 aliphatic carbocycles. The van der Waals surface area contributed by atoms with Crippen molar-refractivity contribution in [1.29, 1.82) is 0 Å². The van der Waals surface area contributed by atoms with Gasteiger partial charge in [-0.05, 0) is 37.3 Å². The van der Waals surface area contributed by atoms with E-state index in [1.54, 1.807) is 25.3 Å². The maximum absolute atomic E-state index is 12.1. The lowest BCUT2D eigenvalue weighted by atomic mass is 10.1. The highest BCUT2D eigenvalue weighted by atomic mass is 16.5. The second kappa shape index (κ2) is 10.8. The van der Waals surface area contributed by atoms with E-state index in [-0.39, 0.29) is 31.2 Å². The molecule has 1 aromatic heterocycles. The van der Waals surface area contributed by atoms with E-state index in [0.29, 0.717) is 29.5 Å². The zero-order valence-corrected chi connectivity index (χ0v) is 17.5. The van der Waals surface area contributed by atoms with Crippen LogP contribution < -0.4 is 25.1 Å². The minimum absolute atomic E-state index is 0.156. The van der Waals surface area contributed by atoms with Gasteiger partial charge < -0.3 is 19.5 Å². The monoisotopic (exact) mass is 423 g/mol. The first-order chi connectivity index (χ1) is 15.1. The summed E-state index contributed by atoms with van der Waals surface area (Å²) in [6.45, 7) is 2.70. The number of para-hydroxylation sites is 2. The molecule has 0 saturated heterocycles. The Balaban J connectivity index is 1.55. The maximum atomic E-state index is 12.1. The SMILES string of the molecule is CCOc1ccccc1OCC(=O)NCCn1nc(-c2cccc(OC)c2)ccc1=O. The lowest BCUT2D eigenvalue weighted by Crippen LogP contribution is -2.34. The molecule has 0 bridgehead atoms. The van der Waals surface area contributed by atoms with Gasteiger partial charge in [0, 0.05) is 18.2 Å². The van der Waals surface area contributed by atoms with E-state index < -0.39 is 0 Å². The maximum Gasteiger partial charge on any atom is 0.266 e. The van der Waals surface area contributed by atoms with E-state index in [9.17, 15) is 9.59 Å².